The van der Waals surface area contributed by atoms with Gasteiger partial charge in [0.1, 0.15) is 5.52 Å². The average molecular weight is 678 g/mol. The molecule has 3 aromatic heterocycles. The van der Waals surface area contributed by atoms with Crippen LogP contribution in [0.1, 0.15) is 0 Å². The van der Waals surface area contributed by atoms with Crippen molar-refractivity contribution in [1.82, 2.24) is 14.1 Å². The first-order valence-electron chi connectivity index (χ1n) is 18.0. The van der Waals surface area contributed by atoms with Gasteiger partial charge in [-0.15, -0.1) is 0 Å². The van der Waals surface area contributed by atoms with Crippen LogP contribution in [-0.4, -0.2) is 14.1 Å². The molecule has 53 heavy (non-hydrogen) atoms. The molecule has 0 saturated carbocycles. The number of hydrogen-bond acceptors (Lipinski definition) is 2. The highest BCUT2D eigenvalue weighted by molar-refractivity contribution is 6.12. The summed E-state index contributed by atoms with van der Waals surface area (Å²) in [5, 5.41) is 4.97. The van der Waals surface area contributed by atoms with Crippen molar-refractivity contribution in [3.05, 3.63) is 188 Å². The van der Waals surface area contributed by atoms with E-state index in [0.717, 1.165) is 50.3 Å². The monoisotopic (exact) mass is 677 g/mol. The molecule has 0 fully saturated rings. The summed E-state index contributed by atoms with van der Waals surface area (Å²) < 4.78 is 11.2. The highest BCUT2D eigenvalue weighted by atomic mass is 16.3. The SMILES string of the molecule is c1ccc(-c2cc(-c3ccc(-n4c5ccccc5c5cc(-n6c7ccccc7c7ccccc76)ccc54)cc3)c3nc(-c4ccccc4)oc3c2)cc1. The van der Waals surface area contributed by atoms with Crippen LogP contribution in [-0.2, 0) is 0 Å². The molecule has 0 radical (unpaired) electrons. The lowest BCUT2D eigenvalue weighted by Gasteiger charge is -2.12. The summed E-state index contributed by atoms with van der Waals surface area (Å²) >= 11 is 0. The third-order valence-corrected chi connectivity index (χ3v) is 10.6. The number of oxazole rings is 1. The maximum absolute atomic E-state index is 6.42. The van der Waals surface area contributed by atoms with Crippen molar-refractivity contribution < 1.29 is 4.42 Å². The molecule has 0 amide bonds. The van der Waals surface area contributed by atoms with E-state index in [1.165, 1.54) is 43.6 Å². The van der Waals surface area contributed by atoms with E-state index in [-0.39, 0.29) is 0 Å². The molecule has 8 aromatic carbocycles. The molecule has 0 saturated heterocycles. The lowest BCUT2D eigenvalue weighted by Crippen LogP contribution is -1.96. The molecular weight excluding hydrogens is 647 g/mol. The van der Waals surface area contributed by atoms with Crippen LogP contribution in [0.4, 0.5) is 0 Å². The molecule has 0 bridgehead atoms. The fourth-order valence-corrected chi connectivity index (χ4v) is 8.12. The molecule has 11 rings (SSSR count). The summed E-state index contributed by atoms with van der Waals surface area (Å²) in [6.45, 7) is 0. The molecule has 0 aliphatic heterocycles. The topological polar surface area (TPSA) is 35.9 Å². The second-order valence-corrected chi connectivity index (χ2v) is 13.6. The van der Waals surface area contributed by atoms with E-state index in [0.29, 0.717) is 5.89 Å². The van der Waals surface area contributed by atoms with Gasteiger partial charge >= 0.3 is 0 Å². The molecule has 0 atom stereocenters. The fraction of sp³-hybridized carbons (Fsp3) is 0. The van der Waals surface area contributed by atoms with Gasteiger partial charge in [-0.05, 0) is 89.5 Å². The zero-order valence-electron chi connectivity index (χ0n) is 28.6. The fourth-order valence-electron chi connectivity index (χ4n) is 8.12. The van der Waals surface area contributed by atoms with E-state index in [2.05, 4.69) is 161 Å². The predicted molar refractivity (Wildman–Crippen MR) is 219 cm³/mol. The Kier molecular flexibility index (Phi) is 6.52. The Labute approximate surface area is 305 Å². The molecule has 248 valence electrons. The Morgan fingerprint density at radius 1 is 0.358 bits per heavy atom. The third kappa shape index (κ3) is 4.66. The van der Waals surface area contributed by atoms with E-state index in [9.17, 15) is 0 Å². The van der Waals surface area contributed by atoms with E-state index >= 15 is 0 Å². The predicted octanol–water partition coefficient (Wildman–Crippen LogP) is 13.0. The number of hydrogen-bond donors (Lipinski definition) is 0. The molecule has 11 aromatic rings. The molecule has 4 nitrogen and oxygen atoms in total. The summed E-state index contributed by atoms with van der Waals surface area (Å²) in [7, 11) is 0. The Morgan fingerprint density at radius 3 is 1.51 bits per heavy atom. The molecule has 0 aliphatic carbocycles. The molecule has 0 N–H and O–H groups in total. The average Bonchev–Trinajstić information content (AvgIpc) is 3.92. The molecule has 0 aliphatic rings. The Bertz CT molecular complexity index is 3100. The molecular formula is C49H31N3O. The van der Waals surface area contributed by atoms with Crippen LogP contribution < -0.4 is 0 Å². The third-order valence-electron chi connectivity index (χ3n) is 10.6. The van der Waals surface area contributed by atoms with Crippen molar-refractivity contribution in [2.75, 3.05) is 0 Å². The number of nitrogens with zero attached hydrogens (tertiary/aromatic N) is 3. The lowest BCUT2D eigenvalue weighted by molar-refractivity contribution is 0.620. The Balaban J connectivity index is 1.06. The van der Waals surface area contributed by atoms with E-state index in [4.69, 9.17) is 9.40 Å². The summed E-state index contributed by atoms with van der Waals surface area (Å²) in [4.78, 5) is 5.04. The van der Waals surface area contributed by atoms with Crippen LogP contribution in [0.25, 0.3) is 99.8 Å². The van der Waals surface area contributed by atoms with Gasteiger partial charge in [-0.25, -0.2) is 4.98 Å². The quantitative estimate of drug-likeness (QED) is 0.182. The van der Waals surface area contributed by atoms with Gasteiger partial charge < -0.3 is 13.6 Å². The molecule has 3 heterocycles. The van der Waals surface area contributed by atoms with Gasteiger partial charge in [0, 0.05) is 44.0 Å². The largest absolute Gasteiger partial charge is 0.436 e. The van der Waals surface area contributed by atoms with E-state index in [1.807, 2.05) is 36.4 Å². The van der Waals surface area contributed by atoms with Crippen molar-refractivity contribution >= 4 is 54.7 Å². The van der Waals surface area contributed by atoms with Gasteiger partial charge in [-0.2, -0.15) is 0 Å². The van der Waals surface area contributed by atoms with Gasteiger partial charge in [0.2, 0.25) is 5.89 Å². The summed E-state index contributed by atoms with van der Waals surface area (Å²) in [5.74, 6) is 0.620. The van der Waals surface area contributed by atoms with Crippen LogP contribution in [0.3, 0.4) is 0 Å². The zero-order chi connectivity index (χ0) is 34.9. The second kappa shape index (κ2) is 11.7. The minimum Gasteiger partial charge on any atom is -0.436 e. The lowest BCUT2D eigenvalue weighted by atomic mass is 9.97. The van der Waals surface area contributed by atoms with Gasteiger partial charge in [0.15, 0.2) is 5.58 Å². The molecule has 0 unspecified atom stereocenters. The van der Waals surface area contributed by atoms with Crippen molar-refractivity contribution in [2.45, 2.75) is 0 Å². The van der Waals surface area contributed by atoms with Gasteiger partial charge in [0.05, 0.1) is 22.1 Å². The van der Waals surface area contributed by atoms with Crippen molar-refractivity contribution in [2.24, 2.45) is 0 Å². The number of para-hydroxylation sites is 3. The number of aromatic nitrogens is 3. The highest BCUT2D eigenvalue weighted by Crippen LogP contribution is 2.39. The second-order valence-electron chi connectivity index (χ2n) is 13.6. The Morgan fingerprint density at radius 2 is 0.868 bits per heavy atom. The standard InChI is InChI=1S/C49H31N3O/c1-3-13-32(14-4-1)35-29-41(48-47(30-35)53-49(50-48)34-15-5-2-6-16-34)33-23-25-36(26-24-33)51-45-22-12-9-19-40(45)42-31-37(27-28-46(42)51)52-43-20-10-7-17-38(43)39-18-8-11-21-44(39)52/h1-31H. The van der Waals surface area contributed by atoms with Crippen LogP contribution in [0.5, 0.6) is 0 Å². The van der Waals surface area contributed by atoms with Crippen molar-refractivity contribution in [1.29, 1.82) is 0 Å². The van der Waals surface area contributed by atoms with Crippen molar-refractivity contribution in [3.8, 4) is 45.1 Å². The van der Waals surface area contributed by atoms with Crippen molar-refractivity contribution in [3.63, 3.8) is 0 Å². The maximum atomic E-state index is 6.42. The van der Waals surface area contributed by atoms with Crippen LogP contribution in [0.15, 0.2) is 192 Å². The smallest absolute Gasteiger partial charge is 0.227 e. The van der Waals surface area contributed by atoms with E-state index < -0.39 is 0 Å². The van der Waals surface area contributed by atoms with Crippen LogP contribution in [0, 0.1) is 0 Å². The van der Waals surface area contributed by atoms with E-state index in [1.54, 1.807) is 0 Å². The minimum absolute atomic E-state index is 0.620. The summed E-state index contributed by atoms with van der Waals surface area (Å²) in [6.07, 6.45) is 0. The Hall–Kier alpha value is -7.17. The van der Waals surface area contributed by atoms with Crippen LogP contribution >= 0.6 is 0 Å². The normalized spacial score (nSPS) is 11.8. The minimum atomic E-state index is 0.620. The molecule has 4 heteroatoms. The number of fused-ring (bicyclic) bond motifs is 7. The first kappa shape index (κ1) is 29.5. The number of benzene rings is 8. The van der Waals surface area contributed by atoms with Gasteiger partial charge in [-0.3, -0.25) is 0 Å². The highest BCUT2D eigenvalue weighted by Gasteiger charge is 2.18. The summed E-state index contributed by atoms with van der Waals surface area (Å²) in [5.41, 5.74) is 13.9. The van der Waals surface area contributed by atoms with Gasteiger partial charge in [-0.1, -0.05) is 115 Å². The first-order chi connectivity index (χ1) is 26.3. The number of rotatable bonds is 5. The van der Waals surface area contributed by atoms with Gasteiger partial charge in [0.25, 0.3) is 0 Å². The van der Waals surface area contributed by atoms with Crippen LogP contribution in [0.2, 0.25) is 0 Å². The molecule has 0 spiro atoms. The maximum Gasteiger partial charge on any atom is 0.227 e. The first-order valence-corrected chi connectivity index (χ1v) is 18.0. The zero-order valence-corrected chi connectivity index (χ0v) is 28.6. The summed E-state index contributed by atoms with van der Waals surface area (Å²) in [6, 6.07) is 66.7.